The zero-order valence-electron chi connectivity index (χ0n) is 9.15. The summed E-state index contributed by atoms with van der Waals surface area (Å²) in [4.78, 5) is 12.0. The summed E-state index contributed by atoms with van der Waals surface area (Å²) in [6.45, 7) is 0. The Morgan fingerprint density at radius 1 is 1.22 bits per heavy atom. The predicted molar refractivity (Wildman–Crippen MR) is 80.2 cm³/mol. The molecule has 1 amide bonds. The highest BCUT2D eigenvalue weighted by atomic mass is 127. The Balaban J connectivity index is 2.28. The van der Waals surface area contributed by atoms with Gasteiger partial charge in [-0.2, -0.15) is 0 Å². The quantitative estimate of drug-likeness (QED) is 0.619. The highest BCUT2D eigenvalue weighted by Gasteiger charge is 2.12. The summed E-state index contributed by atoms with van der Waals surface area (Å²) in [5.74, 6) is -0.326. The first kappa shape index (κ1) is 13.2. The molecule has 0 spiro atoms. The van der Waals surface area contributed by atoms with Gasteiger partial charge >= 0.3 is 0 Å². The monoisotopic (exact) mass is 373 g/mol. The van der Waals surface area contributed by atoms with Gasteiger partial charge in [0, 0.05) is 3.57 Å². The highest BCUT2D eigenvalue weighted by molar-refractivity contribution is 14.1. The van der Waals surface area contributed by atoms with E-state index in [9.17, 15) is 9.90 Å². The zero-order valence-corrected chi connectivity index (χ0v) is 12.1. The first-order valence-electron chi connectivity index (χ1n) is 5.12. The van der Waals surface area contributed by atoms with Crippen LogP contribution in [0.5, 0.6) is 5.75 Å². The van der Waals surface area contributed by atoms with Crippen molar-refractivity contribution in [2.75, 3.05) is 5.32 Å². The molecule has 2 N–H and O–H groups in total. The van der Waals surface area contributed by atoms with E-state index in [0.717, 1.165) is 3.57 Å². The third kappa shape index (κ3) is 2.94. The first-order valence-corrected chi connectivity index (χ1v) is 6.58. The molecule has 0 atom stereocenters. The van der Waals surface area contributed by atoms with E-state index in [4.69, 9.17) is 11.6 Å². The van der Waals surface area contributed by atoms with Crippen molar-refractivity contribution in [2.45, 2.75) is 0 Å². The molecule has 0 saturated carbocycles. The van der Waals surface area contributed by atoms with Gasteiger partial charge in [0.15, 0.2) is 0 Å². The average Bonchev–Trinajstić information content (AvgIpc) is 2.35. The lowest BCUT2D eigenvalue weighted by Gasteiger charge is -2.08. The molecule has 3 nitrogen and oxygen atoms in total. The third-order valence-corrected chi connectivity index (χ3v) is 3.33. The van der Waals surface area contributed by atoms with Crippen LogP contribution < -0.4 is 5.32 Å². The van der Waals surface area contributed by atoms with Crippen molar-refractivity contribution >= 4 is 45.8 Å². The minimum absolute atomic E-state index is 0.0209. The van der Waals surface area contributed by atoms with Crippen LogP contribution in [0, 0.1) is 3.57 Å². The SMILES string of the molecule is O=C(Nc1ccccc1O)c1cc(I)ccc1Cl. The van der Waals surface area contributed by atoms with Gasteiger partial charge in [-0.3, -0.25) is 4.79 Å². The van der Waals surface area contributed by atoms with Crippen molar-refractivity contribution in [3.05, 3.63) is 56.6 Å². The summed E-state index contributed by atoms with van der Waals surface area (Å²) in [5.41, 5.74) is 0.740. The molecule has 0 radical (unpaired) electrons. The Labute approximate surface area is 123 Å². The molecule has 0 aliphatic heterocycles. The molecule has 92 valence electrons. The standard InChI is InChI=1S/C13H9ClINO2/c14-10-6-5-8(15)7-9(10)13(18)16-11-3-1-2-4-12(11)17/h1-7,17H,(H,16,18). The maximum atomic E-state index is 12.0. The van der Waals surface area contributed by atoms with Crippen LogP contribution >= 0.6 is 34.2 Å². The van der Waals surface area contributed by atoms with E-state index in [-0.39, 0.29) is 11.7 Å². The number of nitrogens with one attached hydrogen (secondary N) is 1. The van der Waals surface area contributed by atoms with Crippen LogP contribution in [0.2, 0.25) is 5.02 Å². The van der Waals surface area contributed by atoms with Crippen LogP contribution in [0.15, 0.2) is 42.5 Å². The minimum Gasteiger partial charge on any atom is -0.506 e. The molecule has 0 aromatic heterocycles. The van der Waals surface area contributed by atoms with Gasteiger partial charge in [-0.15, -0.1) is 0 Å². The molecule has 2 rings (SSSR count). The second-order valence-electron chi connectivity index (χ2n) is 3.60. The lowest BCUT2D eigenvalue weighted by Crippen LogP contribution is -2.12. The maximum absolute atomic E-state index is 12.0. The van der Waals surface area contributed by atoms with Gasteiger partial charge in [-0.25, -0.2) is 0 Å². The van der Waals surface area contributed by atoms with Crippen molar-refractivity contribution < 1.29 is 9.90 Å². The Morgan fingerprint density at radius 3 is 2.67 bits per heavy atom. The molecule has 0 aliphatic rings. The second kappa shape index (κ2) is 5.58. The average molecular weight is 374 g/mol. The number of para-hydroxylation sites is 2. The smallest absolute Gasteiger partial charge is 0.257 e. The van der Waals surface area contributed by atoms with Gasteiger partial charge in [0.25, 0.3) is 5.91 Å². The normalized spacial score (nSPS) is 10.1. The summed E-state index contributed by atoms with van der Waals surface area (Å²) in [6.07, 6.45) is 0. The summed E-state index contributed by atoms with van der Waals surface area (Å²) < 4.78 is 0.916. The molecular formula is C13H9ClINO2. The van der Waals surface area contributed by atoms with Gasteiger partial charge in [-0.1, -0.05) is 23.7 Å². The van der Waals surface area contributed by atoms with Gasteiger partial charge in [0.05, 0.1) is 16.3 Å². The van der Waals surface area contributed by atoms with Crippen LogP contribution in [0.3, 0.4) is 0 Å². The maximum Gasteiger partial charge on any atom is 0.257 e. The largest absolute Gasteiger partial charge is 0.506 e. The third-order valence-electron chi connectivity index (χ3n) is 2.33. The Bertz CT molecular complexity index is 601. The van der Waals surface area contributed by atoms with Gasteiger partial charge in [0.2, 0.25) is 0 Å². The number of rotatable bonds is 2. The van der Waals surface area contributed by atoms with Crippen molar-refractivity contribution in [1.82, 2.24) is 0 Å². The molecule has 0 bridgehead atoms. The van der Waals surface area contributed by atoms with Crippen LogP contribution in [0.25, 0.3) is 0 Å². The van der Waals surface area contributed by atoms with Gasteiger partial charge < -0.3 is 10.4 Å². The van der Waals surface area contributed by atoms with Gasteiger partial charge in [0.1, 0.15) is 5.75 Å². The van der Waals surface area contributed by atoms with E-state index in [1.165, 1.54) is 6.07 Å². The number of hydrogen-bond acceptors (Lipinski definition) is 2. The number of aromatic hydroxyl groups is 1. The van der Waals surface area contributed by atoms with E-state index < -0.39 is 0 Å². The van der Waals surface area contributed by atoms with Crippen molar-refractivity contribution in [3.63, 3.8) is 0 Å². The Kier molecular flexibility index (Phi) is 4.08. The number of carbonyl (C=O) groups is 1. The molecule has 2 aromatic rings. The Hall–Kier alpha value is -1.27. The van der Waals surface area contributed by atoms with Crippen LogP contribution in [-0.4, -0.2) is 11.0 Å². The van der Waals surface area contributed by atoms with Crippen LogP contribution in [-0.2, 0) is 0 Å². The second-order valence-corrected chi connectivity index (χ2v) is 5.25. The summed E-state index contributed by atoms with van der Waals surface area (Å²) in [5, 5.41) is 12.6. The lowest BCUT2D eigenvalue weighted by atomic mass is 10.2. The summed E-state index contributed by atoms with van der Waals surface area (Å²) >= 11 is 8.08. The van der Waals surface area contributed by atoms with E-state index in [2.05, 4.69) is 27.9 Å². The topological polar surface area (TPSA) is 49.3 Å². The molecule has 18 heavy (non-hydrogen) atoms. The molecular weight excluding hydrogens is 365 g/mol. The van der Waals surface area contributed by atoms with Crippen LogP contribution in [0.4, 0.5) is 5.69 Å². The minimum atomic E-state index is -0.347. The fourth-order valence-corrected chi connectivity index (χ4v) is 2.14. The Morgan fingerprint density at radius 2 is 1.94 bits per heavy atom. The number of phenols is 1. The highest BCUT2D eigenvalue weighted by Crippen LogP contribution is 2.24. The molecule has 0 heterocycles. The molecule has 0 unspecified atom stereocenters. The molecule has 5 heteroatoms. The van der Waals surface area contributed by atoms with Crippen LogP contribution in [0.1, 0.15) is 10.4 Å². The molecule has 0 fully saturated rings. The number of benzene rings is 2. The fourth-order valence-electron chi connectivity index (χ4n) is 1.44. The zero-order chi connectivity index (χ0) is 13.1. The van der Waals surface area contributed by atoms with E-state index >= 15 is 0 Å². The number of carbonyl (C=O) groups excluding carboxylic acids is 1. The van der Waals surface area contributed by atoms with E-state index in [0.29, 0.717) is 16.3 Å². The van der Waals surface area contributed by atoms with Crippen molar-refractivity contribution in [3.8, 4) is 5.75 Å². The fraction of sp³-hybridized carbons (Fsp3) is 0. The van der Waals surface area contributed by atoms with E-state index in [1.54, 1.807) is 30.3 Å². The summed E-state index contributed by atoms with van der Waals surface area (Å²) in [7, 11) is 0. The number of amides is 1. The van der Waals surface area contributed by atoms with E-state index in [1.807, 2.05) is 6.07 Å². The molecule has 0 saturated heterocycles. The molecule has 0 aliphatic carbocycles. The number of halogens is 2. The number of phenolic OH excluding ortho intramolecular Hbond substituents is 1. The van der Waals surface area contributed by atoms with Crippen molar-refractivity contribution in [1.29, 1.82) is 0 Å². The number of hydrogen-bond donors (Lipinski definition) is 2. The molecule has 2 aromatic carbocycles. The number of anilines is 1. The predicted octanol–water partition coefficient (Wildman–Crippen LogP) is 3.90. The lowest BCUT2D eigenvalue weighted by molar-refractivity contribution is 0.102. The van der Waals surface area contributed by atoms with Gasteiger partial charge in [-0.05, 0) is 52.9 Å². The first-order chi connectivity index (χ1) is 8.58. The summed E-state index contributed by atoms with van der Waals surface area (Å²) in [6, 6.07) is 11.7. The van der Waals surface area contributed by atoms with Crippen molar-refractivity contribution in [2.24, 2.45) is 0 Å².